The van der Waals surface area contributed by atoms with Crippen LogP contribution in [0.15, 0.2) is 47.5 Å². The van der Waals surface area contributed by atoms with Crippen LogP contribution in [-0.4, -0.2) is 39.7 Å². The van der Waals surface area contributed by atoms with E-state index < -0.39 is 0 Å². The minimum atomic E-state index is 0. The first-order chi connectivity index (χ1) is 14.1. The van der Waals surface area contributed by atoms with Gasteiger partial charge in [0.25, 0.3) is 0 Å². The zero-order valence-corrected chi connectivity index (χ0v) is 19.9. The van der Waals surface area contributed by atoms with Crippen molar-refractivity contribution in [1.82, 2.24) is 10.6 Å². The Kier molecular flexibility index (Phi) is 9.22. The van der Waals surface area contributed by atoms with E-state index in [1.54, 1.807) is 21.3 Å². The summed E-state index contributed by atoms with van der Waals surface area (Å²) in [5, 5.41) is 6.60. The van der Waals surface area contributed by atoms with Gasteiger partial charge in [0.05, 0.1) is 14.2 Å². The Balaban J connectivity index is 0.00000320. The molecule has 0 aromatic heterocycles. The molecule has 1 aliphatic heterocycles. The first-order valence-corrected chi connectivity index (χ1v) is 9.69. The normalized spacial score (nSPS) is 13.6. The van der Waals surface area contributed by atoms with Gasteiger partial charge in [-0.1, -0.05) is 18.2 Å². The van der Waals surface area contributed by atoms with Crippen molar-refractivity contribution in [2.24, 2.45) is 4.99 Å². The van der Waals surface area contributed by atoms with Gasteiger partial charge in [-0.2, -0.15) is 0 Å². The topological polar surface area (TPSA) is 75.2 Å². The standard InChI is InChI=1S/C22H28N4O3.HI/c1-23-22(25-15-17-8-11-19(28-2)20(13-17)29-3)24-14-16-6-9-18(10-7-16)26-12-4-5-21(26)27;/h6-11,13H,4-5,12,14-15H2,1-3H3,(H2,23,24,25);1H. The maximum atomic E-state index is 11.9. The van der Waals surface area contributed by atoms with Crippen LogP contribution in [0, 0.1) is 0 Å². The summed E-state index contributed by atoms with van der Waals surface area (Å²) in [5.74, 6) is 2.32. The van der Waals surface area contributed by atoms with Crippen LogP contribution in [0.5, 0.6) is 11.5 Å². The van der Waals surface area contributed by atoms with Crippen molar-refractivity contribution in [1.29, 1.82) is 0 Å². The van der Waals surface area contributed by atoms with Gasteiger partial charge in [0.1, 0.15) is 0 Å². The largest absolute Gasteiger partial charge is 0.493 e. The van der Waals surface area contributed by atoms with Crippen LogP contribution in [-0.2, 0) is 17.9 Å². The summed E-state index contributed by atoms with van der Waals surface area (Å²) in [5.41, 5.74) is 3.15. The zero-order valence-electron chi connectivity index (χ0n) is 17.6. The predicted molar refractivity (Wildman–Crippen MR) is 130 cm³/mol. The number of amides is 1. The van der Waals surface area contributed by atoms with Crippen LogP contribution in [0.3, 0.4) is 0 Å². The van der Waals surface area contributed by atoms with E-state index in [4.69, 9.17) is 9.47 Å². The van der Waals surface area contributed by atoms with Crippen LogP contribution in [0.25, 0.3) is 0 Å². The number of ether oxygens (including phenoxy) is 2. The number of benzene rings is 2. The van der Waals surface area contributed by atoms with Crippen LogP contribution < -0.4 is 25.0 Å². The maximum Gasteiger partial charge on any atom is 0.227 e. The second-order valence-corrected chi connectivity index (χ2v) is 6.78. The zero-order chi connectivity index (χ0) is 20.6. The summed E-state index contributed by atoms with van der Waals surface area (Å²) >= 11 is 0. The first kappa shape index (κ1) is 23.8. The smallest absolute Gasteiger partial charge is 0.227 e. The summed E-state index contributed by atoms with van der Waals surface area (Å²) in [6.45, 7) is 2.05. The average molecular weight is 524 g/mol. The average Bonchev–Trinajstić information content (AvgIpc) is 3.19. The molecular weight excluding hydrogens is 495 g/mol. The van der Waals surface area contributed by atoms with Gasteiger partial charge in [0, 0.05) is 38.8 Å². The summed E-state index contributed by atoms with van der Waals surface area (Å²) in [4.78, 5) is 18.0. The van der Waals surface area contributed by atoms with E-state index in [1.165, 1.54) is 0 Å². The molecule has 0 bridgehead atoms. The molecule has 1 fully saturated rings. The molecule has 0 atom stereocenters. The van der Waals surface area contributed by atoms with Gasteiger partial charge in [0.15, 0.2) is 17.5 Å². The van der Waals surface area contributed by atoms with E-state index in [9.17, 15) is 4.79 Å². The molecular formula is C22H29IN4O3. The molecule has 8 heteroatoms. The lowest BCUT2D eigenvalue weighted by Gasteiger charge is -2.16. The Labute approximate surface area is 194 Å². The van der Waals surface area contributed by atoms with Crippen LogP contribution >= 0.6 is 24.0 Å². The molecule has 2 aromatic carbocycles. The second kappa shape index (κ2) is 11.6. The molecule has 2 N–H and O–H groups in total. The number of nitrogens with one attached hydrogen (secondary N) is 2. The van der Waals surface area contributed by atoms with Gasteiger partial charge in [-0.25, -0.2) is 0 Å². The van der Waals surface area contributed by atoms with Gasteiger partial charge in [-0.05, 0) is 41.8 Å². The van der Waals surface area contributed by atoms with Crippen LogP contribution in [0.4, 0.5) is 5.69 Å². The third-order valence-electron chi connectivity index (χ3n) is 4.91. The van der Waals surface area contributed by atoms with E-state index in [2.05, 4.69) is 15.6 Å². The van der Waals surface area contributed by atoms with Crippen molar-refractivity contribution >= 4 is 41.5 Å². The number of anilines is 1. The number of guanidine groups is 1. The molecule has 1 heterocycles. The minimum Gasteiger partial charge on any atom is -0.493 e. The van der Waals surface area contributed by atoms with Gasteiger partial charge in [-0.3, -0.25) is 9.79 Å². The van der Waals surface area contributed by atoms with Crippen molar-refractivity contribution in [2.75, 3.05) is 32.7 Å². The molecule has 0 spiro atoms. The van der Waals surface area contributed by atoms with Crippen molar-refractivity contribution in [3.05, 3.63) is 53.6 Å². The highest BCUT2D eigenvalue weighted by molar-refractivity contribution is 14.0. The summed E-state index contributed by atoms with van der Waals surface area (Å²) < 4.78 is 10.6. The predicted octanol–water partition coefficient (Wildman–Crippen LogP) is 3.31. The summed E-state index contributed by atoms with van der Waals surface area (Å²) in [6, 6.07) is 13.9. The fourth-order valence-electron chi connectivity index (χ4n) is 3.30. The quantitative estimate of drug-likeness (QED) is 0.331. The number of halogens is 1. The Morgan fingerprint density at radius 3 is 2.20 bits per heavy atom. The Hall–Kier alpha value is -2.49. The van der Waals surface area contributed by atoms with Gasteiger partial charge >= 0.3 is 0 Å². The Morgan fingerprint density at radius 2 is 1.63 bits per heavy atom. The van der Waals surface area contributed by atoms with Gasteiger partial charge in [-0.15, -0.1) is 24.0 Å². The number of nitrogens with zero attached hydrogens (tertiary/aromatic N) is 2. The highest BCUT2D eigenvalue weighted by Crippen LogP contribution is 2.27. The Bertz CT molecular complexity index is 871. The molecule has 1 saturated heterocycles. The molecule has 1 amide bonds. The third-order valence-corrected chi connectivity index (χ3v) is 4.91. The maximum absolute atomic E-state index is 11.9. The molecule has 0 aliphatic carbocycles. The van der Waals surface area contributed by atoms with E-state index in [-0.39, 0.29) is 29.9 Å². The highest BCUT2D eigenvalue weighted by Gasteiger charge is 2.21. The number of rotatable bonds is 7. The number of methoxy groups -OCH3 is 2. The van der Waals surface area contributed by atoms with Gasteiger partial charge < -0.3 is 25.0 Å². The molecule has 0 radical (unpaired) electrons. The third kappa shape index (κ3) is 6.01. The lowest BCUT2D eigenvalue weighted by atomic mass is 10.2. The summed E-state index contributed by atoms with van der Waals surface area (Å²) in [7, 11) is 4.99. The van der Waals surface area contributed by atoms with Crippen molar-refractivity contribution in [3.8, 4) is 11.5 Å². The van der Waals surface area contributed by atoms with Crippen LogP contribution in [0.1, 0.15) is 24.0 Å². The molecule has 7 nitrogen and oxygen atoms in total. The molecule has 2 aromatic rings. The SMILES string of the molecule is CN=C(NCc1ccc(N2CCCC2=O)cc1)NCc1ccc(OC)c(OC)c1.I. The first-order valence-electron chi connectivity index (χ1n) is 9.69. The van der Waals surface area contributed by atoms with E-state index >= 15 is 0 Å². The fraction of sp³-hybridized carbons (Fsp3) is 0.364. The monoisotopic (exact) mass is 524 g/mol. The second-order valence-electron chi connectivity index (χ2n) is 6.78. The van der Waals surface area contributed by atoms with E-state index in [1.807, 2.05) is 47.4 Å². The lowest BCUT2D eigenvalue weighted by molar-refractivity contribution is -0.117. The number of hydrogen-bond donors (Lipinski definition) is 2. The van der Waals surface area contributed by atoms with Crippen LogP contribution in [0.2, 0.25) is 0 Å². The summed E-state index contributed by atoms with van der Waals surface area (Å²) in [6.07, 6.45) is 1.58. The molecule has 0 saturated carbocycles. The Morgan fingerprint density at radius 1 is 1.00 bits per heavy atom. The number of aliphatic imine (C=N–C) groups is 1. The molecule has 3 rings (SSSR count). The minimum absolute atomic E-state index is 0. The molecule has 30 heavy (non-hydrogen) atoms. The fourth-order valence-corrected chi connectivity index (χ4v) is 3.30. The molecule has 0 unspecified atom stereocenters. The van der Waals surface area contributed by atoms with Crippen molar-refractivity contribution < 1.29 is 14.3 Å². The lowest BCUT2D eigenvalue weighted by Crippen LogP contribution is -2.36. The number of hydrogen-bond acceptors (Lipinski definition) is 4. The highest BCUT2D eigenvalue weighted by atomic mass is 127. The van der Waals surface area contributed by atoms with E-state index in [0.29, 0.717) is 37.0 Å². The number of carbonyl (C=O) groups excluding carboxylic acids is 1. The number of carbonyl (C=O) groups is 1. The van der Waals surface area contributed by atoms with Gasteiger partial charge in [0.2, 0.25) is 5.91 Å². The molecule has 162 valence electrons. The van der Waals surface area contributed by atoms with Crippen molar-refractivity contribution in [3.63, 3.8) is 0 Å². The van der Waals surface area contributed by atoms with E-state index in [0.717, 1.165) is 29.8 Å². The molecule has 1 aliphatic rings. The van der Waals surface area contributed by atoms with Crippen molar-refractivity contribution in [2.45, 2.75) is 25.9 Å².